The number of nitrogens with zero attached hydrogens (tertiary/aromatic N) is 3. The number of nitrogens with two attached hydrogens (primary N) is 2. The summed E-state index contributed by atoms with van der Waals surface area (Å²) in [5, 5.41) is 9.72. The number of rotatable bonds is 11. The molecule has 2 aromatic carbocycles. The molecule has 5 N–H and O–H groups in total. The van der Waals surface area contributed by atoms with Gasteiger partial charge in [-0.15, -0.1) is 11.3 Å². The molecule has 0 unspecified atom stereocenters. The Hall–Kier alpha value is -3.49. The molecule has 39 heavy (non-hydrogen) atoms. The largest absolute Gasteiger partial charge is 0.384 e. The van der Waals surface area contributed by atoms with Gasteiger partial charge in [-0.2, -0.15) is 0 Å². The number of amides is 1. The van der Waals surface area contributed by atoms with Crippen molar-refractivity contribution >= 4 is 34.1 Å². The predicted octanol–water partition coefficient (Wildman–Crippen LogP) is 5.20. The van der Waals surface area contributed by atoms with Gasteiger partial charge < -0.3 is 20.9 Å². The Morgan fingerprint density at radius 1 is 1.05 bits per heavy atom. The summed E-state index contributed by atoms with van der Waals surface area (Å²) >= 11 is 1.74. The second kappa shape index (κ2) is 12.6. The standard InChI is InChI=1S/C31H38N6OS/c32-16-17-36(20-23-5-2-1-3-6-23)31(38)25-13-14-28-27(19-25)35-29(37(28)21-26-7-4-18-39-26)15-10-22-8-11-24(12-9-22)30(33)34/h4,7-9,11-14,18-19,23H,1-3,5-6,10,15-17,20-21,32H2,(H3,33,34). The molecule has 1 saturated carbocycles. The number of amidine groups is 1. The molecule has 0 atom stereocenters. The van der Waals surface area contributed by atoms with E-state index in [2.05, 4.69) is 28.1 Å². The normalized spacial score (nSPS) is 14.1. The maximum atomic E-state index is 13.6. The van der Waals surface area contributed by atoms with Crippen LogP contribution in [-0.4, -0.2) is 45.8 Å². The van der Waals surface area contributed by atoms with E-state index in [1.807, 2.05) is 41.3 Å². The molecule has 4 aromatic rings. The zero-order valence-corrected chi connectivity index (χ0v) is 23.3. The van der Waals surface area contributed by atoms with Crippen molar-refractivity contribution in [1.82, 2.24) is 14.5 Å². The van der Waals surface area contributed by atoms with E-state index in [0.717, 1.165) is 48.4 Å². The van der Waals surface area contributed by atoms with Gasteiger partial charge in [0.2, 0.25) is 0 Å². The first-order valence-corrected chi connectivity index (χ1v) is 14.8. The van der Waals surface area contributed by atoms with Gasteiger partial charge >= 0.3 is 0 Å². The summed E-state index contributed by atoms with van der Waals surface area (Å²) in [6, 6.07) is 18.0. The molecule has 0 aliphatic heterocycles. The van der Waals surface area contributed by atoms with E-state index in [4.69, 9.17) is 21.9 Å². The van der Waals surface area contributed by atoms with Crippen LogP contribution in [0.25, 0.3) is 11.0 Å². The number of nitrogens with one attached hydrogen (secondary N) is 1. The molecule has 5 rings (SSSR count). The van der Waals surface area contributed by atoms with E-state index in [-0.39, 0.29) is 11.7 Å². The lowest BCUT2D eigenvalue weighted by Crippen LogP contribution is -2.39. The predicted molar refractivity (Wildman–Crippen MR) is 160 cm³/mol. The number of imidazole rings is 1. The van der Waals surface area contributed by atoms with E-state index in [1.165, 1.54) is 42.5 Å². The first-order chi connectivity index (χ1) is 19.0. The van der Waals surface area contributed by atoms with Crippen LogP contribution in [0, 0.1) is 11.3 Å². The molecule has 1 aliphatic carbocycles. The van der Waals surface area contributed by atoms with Crippen LogP contribution < -0.4 is 11.5 Å². The van der Waals surface area contributed by atoms with Crippen molar-refractivity contribution < 1.29 is 4.79 Å². The van der Waals surface area contributed by atoms with Crippen molar-refractivity contribution in [1.29, 1.82) is 5.41 Å². The summed E-state index contributed by atoms with van der Waals surface area (Å²) in [4.78, 5) is 21.9. The molecule has 0 bridgehead atoms. The van der Waals surface area contributed by atoms with Gasteiger partial charge in [0.05, 0.1) is 17.6 Å². The van der Waals surface area contributed by atoms with Gasteiger partial charge in [0.1, 0.15) is 11.7 Å². The molecule has 2 aromatic heterocycles. The van der Waals surface area contributed by atoms with Crippen molar-refractivity contribution in [2.75, 3.05) is 19.6 Å². The Bertz CT molecular complexity index is 1400. The number of aryl methyl sites for hydroxylation is 2. The Kier molecular flexibility index (Phi) is 8.74. The number of carbonyl (C=O) groups is 1. The monoisotopic (exact) mass is 542 g/mol. The van der Waals surface area contributed by atoms with E-state index in [1.54, 1.807) is 11.3 Å². The molecule has 1 aliphatic rings. The number of hydrogen-bond donors (Lipinski definition) is 3. The molecule has 2 heterocycles. The first-order valence-electron chi connectivity index (χ1n) is 14.0. The first kappa shape index (κ1) is 27.1. The lowest BCUT2D eigenvalue weighted by atomic mass is 9.89. The molecule has 0 saturated heterocycles. The number of fused-ring (bicyclic) bond motifs is 1. The Morgan fingerprint density at radius 3 is 2.51 bits per heavy atom. The topological polar surface area (TPSA) is 114 Å². The quantitative estimate of drug-likeness (QED) is 0.179. The average molecular weight is 543 g/mol. The lowest BCUT2D eigenvalue weighted by Gasteiger charge is -2.29. The summed E-state index contributed by atoms with van der Waals surface area (Å²) < 4.78 is 2.28. The minimum Gasteiger partial charge on any atom is -0.384 e. The minimum atomic E-state index is 0.0489. The molecular formula is C31H38N6OS. The number of aromatic nitrogens is 2. The van der Waals surface area contributed by atoms with Gasteiger partial charge in [0, 0.05) is 42.1 Å². The van der Waals surface area contributed by atoms with Crippen LogP contribution >= 0.6 is 11.3 Å². The zero-order chi connectivity index (χ0) is 27.2. The molecule has 1 amide bonds. The molecule has 7 nitrogen and oxygen atoms in total. The van der Waals surface area contributed by atoms with E-state index in [0.29, 0.717) is 24.6 Å². The van der Waals surface area contributed by atoms with Crippen LogP contribution in [0.15, 0.2) is 60.0 Å². The summed E-state index contributed by atoms with van der Waals surface area (Å²) in [5.74, 6) is 1.69. The summed E-state index contributed by atoms with van der Waals surface area (Å²) in [5.41, 5.74) is 16.0. The third-order valence-electron chi connectivity index (χ3n) is 7.76. The lowest BCUT2D eigenvalue weighted by molar-refractivity contribution is 0.0719. The molecule has 1 fully saturated rings. The van der Waals surface area contributed by atoms with E-state index >= 15 is 0 Å². The number of nitrogen functional groups attached to an aromatic ring is 1. The highest BCUT2D eigenvalue weighted by Gasteiger charge is 2.23. The SMILES string of the molecule is N=C(N)c1ccc(CCc2nc3cc(C(=O)N(CCN)CC4CCCCC4)ccc3n2Cc2cccs2)cc1. The van der Waals surface area contributed by atoms with Crippen LogP contribution in [0.1, 0.15) is 64.3 Å². The van der Waals surface area contributed by atoms with E-state index < -0.39 is 0 Å². The third kappa shape index (κ3) is 6.57. The number of benzene rings is 2. The Morgan fingerprint density at radius 2 is 1.82 bits per heavy atom. The number of carbonyl (C=O) groups excluding carboxylic acids is 1. The van der Waals surface area contributed by atoms with Crippen LogP contribution in [0.2, 0.25) is 0 Å². The number of thiophene rings is 1. The third-order valence-corrected chi connectivity index (χ3v) is 8.62. The van der Waals surface area contributed by atoms with Gasteiger partial charge in [0.25, 0.3) is 5.91 Å². The van der Waals surface area contributed by atoms with Crippen molar-refractivity contribution in [3.05, 3.63) is 87.4 Å². The Labute approximate surface area is 234 Å². The highest BCUT2D eigenvalue weighted by atomic mass is 32.1. The second-order valence-corrected chi connectivity index (χ2v) is 11.6. The number of hydrogen-bond acceptors (Lipinski definition) is 5. The van der Waals surface area contributed by atoms with Crippen LogP contribution in [0.5, 0.6) is 0 Å². The molecule has 8 heteroatoms. The van der Waals surface area contributed by atoms with Gasteiger partial charge in [-0.05, 0) is 60.4 Å². The smallest absolute Gasteiger partial charge is 0.253 e. The Balaban J connectivity index is 1.40. The highest BCUT2D eigenvalue weighted by molar-refractivity contribution is 7.09. The van der Waals surface area contributed by atoms with Crippen LogP contribution in [0.4, 0.5) is 0 Å². The van der Waals surface area contributed by atoms with Crippen molar-refractivity contribution in [2.24, 2.45) is 17.4 Å². The molecule has 0 radical (unpaired) electrons. The van der Waals surface area contributed by atoms with Gasteiger partial charge in [0.15, 0.2) is 0 Å². The zero-order valence-electron chi connectivity index (χ0n) is 22.4. The molecule has 204 valence electrons. The van der Waals surface area contributed by atoms with Crippen molar-refractivity contribution in [2.45, 2.75) is 51.5 Å². The van der Waals surface area contributed by atoms with Crippen LogP contribution in [-0.2, 0) is 19.4 Å². The molecular weight excluding hydrogens is 504 g/mol. The fourth-order valence-electron chi connectivity index (χ4n) is 5.64. The average Bonchev–Trinajstić information content (AvgIpc) is 3.60. The highest BCUT2D eigenvalue weighted by Crippen LogP contribution is 2.26. The fourth-order valence-corrected chi connectivity index (χ4v) is 6.33. The second-order valence-electron chi connectivity index (χ2n) is 10.6. The minimum absolute atomic E-state index is 0.0489. The maximum Gasteiger partial charge on any atom is 0.253 e. The van der Waals surface area contributed by atoms with Gasteiger partial charge in [-0.25, -0.2) is 4.98 Å². The van der Waals surface area contributed by atoms with Gasteiger partial charge in [-0.3, -0.25) is 10.2 Å². The fraction of sp³-hybridized carbons (Fsp3) is 0.387. The summed E-state index contributed by atoms with van der Waals surface area (Å²) in [6.45, 7) is 2.58. The van der Waals surface area contributed by atoms with Crippen molar-refractivity contribution in [3.8, 4) is 0 Å². The maximum absolute atomic E-state index is 13.6. The summed E-state index contributed by atoms with van der Waals surface area (Å²) in [6.07, 6.45) is 7.80. The van der Waals surface area contributed by atoms with Gasteiger partial charge in [-0.1, -0.05) is 49.6 Å². The van der Waals surface area contributed by atoms with Crippen molar-refractivity contribution in [3.63, 3.8) is 0 Å². The molecule has 0 spiro atoms. The van der Waals surface area contributed by atoms with Crippen LogP contribution in [0.3, 0.4) is 0 Å². The summed E-state index contributed by atoms with van der Waals surface area (Å²) in [7, 11) is 0. The van der Waals surface area contributed by atoms with E-state index in [9.17, 15) is 4.79 Å².